The average molecular weight is 262 g/mol. The van der Waals surface area contributed by atoms with Crippen molar-refractivity contribution in [3.8, 4) is 0 Å². The molecule has 0 radical (unpaired) electrons. The Morgan fingerprint density at radius 2 is 1.94 bits per heavy atom. The Labute approximate surface area is 112 Å². The maximum Gasteiger partial charge on any atom is 0.322 e. The predicted octanol–water partition coefficient (Wildman–Crippen LogP) is 3.36. The Morgan fingerprint density at radius 3 is 2.61 bits per heavy atom. The van der Waals surface area contributed by atoms with Gasteiger partial charge in [-0.3, -0.25) is 4.79 Å². The minimum Gasteiger partial charge on any atom is -0.468 e. The number of thioether (sulfide) groups is 1. The molecule has 0 unspecified atom stereocenters. The number of methoxy groups -OCH3 is 1. The fourth-order valence-electron chi connectivity index (χ4n) is 2.65. The summed E-state index contributed by atoms with van der Waals surface area (Å²) in [6.45, 7) is 0. The summed E-state index contributed by atoms with van der Waals surface area (Å²) < 4.78 is 4.62. The van der Waals surface area contributed by atoms with Crippen LogP contribution in [0.3, 0.4) is 0 Å². The van der Waals surface area contributed by atoms with Gasteiger partial charge in [0.25, 0.3) is 0 Å². The molecule has 0 saturated heterocycles. The molecule has 2 aliphatic rings. The number of esters is 1. The Morgan fingerprint density at radius 1 is 1.22 bits per heavy atom. The number of carbonyl (C=O) groups is 1. The van der Waals surface area contributed by atoms with Crippen LogP contribution in [-0.2, 0) is 22.4 Å². The number of aryl methyl sites for hydroxylation is 2. The van der Waals surface area contributed by atoms with Crippen molar-refractivity contribution in [3.63, 3.8) is 0 Å². The number of benzene rings is 1. The number of rotatable bonds is 3. The van der Waals surface area contributed by atoms with Gasteiger partial charge in [-0.15, -0.1) is 11.8 Å². The number of ether oxygens (including phenoxy) is 1. The Bertz CT molecular complexity index is 477. The van der Waals surface area contributed by atoms with Crippen LogP contribution in [-0.4, -0.2) is 17.8 Å². The summed E-state index contributed by atoms with van der Waals surface area (Å²) >= 11 is 1.69. The lowest BCUT2D eigenvalue weighted by Gasteiger charge is -2.18. The van der Waals surface area contributed by atoms with E-state index in [0.29, 0.717) is 0 Å². The smallest absolute Gasteiger partial charge is 0.322 e. The summed E-state index contributed by atoms with van der Waals surface area (Å²) in [6, 6.07) is 6.68. The largest absolute Gasteiger partial charge is 0.468 e. The molecule has 0 amide bonds. The molecule has 1 aromatic rings. The standard InChI is InChI=1S/C15H18O2S/c1-17-14(16)15(8-9-15)18-13-7-6-11-4-2-3-5-12(11)10-13/h6-7,10H,2-5,8-9H2,1H3. The second kappa shape index (κ2) is 4.61. The molecular weight excluding hydrogens is 244 g/mol. The number of hydrogen-bond donors (Lipinski definition) is 0. The van der Waals surface area contributed by atoms with Gasteiger partial charge in [0.1, 0.15) is 4.75 Å². The van der Waals surface area contributed by atoms with Crippen LogP contribution >= 0.6 is 11.8 Å². The second-order valence-electron chi connectivity index (χ2n) is 5.23. The van der Waals surface area contributed by atoms with E-state index in [2.05, 4.69) is 18.2 Å². The van der Waals surface area contributed by atoms with Gasteiger partial charge in [-0.05, 0) is 61.8 Å². The van der Waals surface area contributed by atoms with Crippen molar-refractivity contribution in [1.82, 2.24) is 0 Å². The van der Waals surface area contributed by atoms with Gasteiger partial charge in [0.05, 0.1) is 7.11 Å². The monoisotopic (exact) mass is 262 g/mol. The third-order valence-electron chi connectivity index (χ3n) is 3.89. The third kappa shape index (κ3) is 2.16. The molecule has 3 heteroatoms. The molecule has 0 aliphatic heterocycles. The fraction of sp³-hybridized carbons (Fsp3) is 0.533. The van der Waals surface area contributed by atoms with Gasteiger partial charge in [0.15, 0.2) is 0 Å². The van der Waals surface area contributed by atoms with E-state index in [1.165, 1.54) is 48.8 Å². The molecule has 1 fully saturated rings. The van der Waals surface area contributed by atoms with Gasteiger partial charge in [0.2, 0.25) is 0 Å². The van der Waals surface area contributed by atoms with E-state index in [0.717, 1.165) is 12.8 Å². The highest BCUT2D eigenvalue weighted by Gasteiger charge is 2.52. The van der Waals surface area contributed by atoms with Gasteiger partial charge < -0.3 is 4.74 Å². The molecule has 0 atom stereocenters. The normalized spacial score (nSPS) is 20.1. The summed E-state index contributed by atoms with van der Waals surface area (Å²) in [5, 5.41) is 0. The van der Waals surface area contributed by atoms with Gasteiger partial charge in [-0.2, -0.15) is 0 Å². The van der Waals surface area contributed by atoms with E-state index >= 15 is 0 Å². The Balaban J connectivity index is 1.79. The molecule has 0 N–H and O–H groups in total. The quantitative estimate of drug-likeness (QED) is 0.781. The van der Waals surface area contributed by atoms with E-state index in [1.54, 1.807) is 11.8 Å². The zero-order chi connectivity index (χ0) is 12.6. The first-order valence-electron chi connectivity index (χ1n) is 6.63. The summed E-state index contributed by atoms with van der Waals surface area (Å²) in [4.78, 5) is 13.0. The van der Waals surface area contributed by atoms with Crippen molar-refractivity contribution in [3.05, 3.63) is 29.3 Å². The molecule has 1 saturated carbocycles. The lowest BCUT2D eigenvalue weighted by Crippen LogP contribution is -2.20. The maximum atomic E-state index is 11.7. The van der Waals surface area contributed by atoms with Crippen molar-refractivity contribution in [2.24, 2.45) is 0 Å². The minimum absolute atomic E-state index is 0.0646. The van der Waals surface area contributed by atoms with Crippen LogP contribution in [0.15, 0.2) is 23.1 Å². The van der Waals surface area contributed by atoms with Gasteiger partial charge in [-0.25, -0.2) is 0 Å². The van der Waals surface area contributed by atoms with Crippen LogP contribution in [0.1, 0.15) is 36.8 Å². The fourth-order valence-corrected chi connectivity index (χ4v) is 3.91. The minimum atomic E-state index is -0.280. The molecular formula is C15H18O2S. The van der Waals surface area contributed by atoms with Crippen LogP contribution < -0.4 is 0 Å². The van der Waals surface area contributed by atoms with Gasteiger partial charge in [-0.1, -0.05) is 6.07 Å². The molecule has 0 heterocycles. The van der Waals surface area contributed by atoms with Crippen molar-refractivity contribution in [2.45, 2.75) is 48.2 Å². The van der Waals surface area contributed by atoms with E-state index in [1.807, 2.05) is 0 Å². The molecule has 1 aromatic carbocycles. The number of carbonyl (C=O) groups excluding carboxylic acids is 1. The highest BCUT2D eigenvalue weighted by molar-refractivity contribution is 8.01. The lowest BCUT2D eigenvalue weighted by molar-refractivity contribution is -0.140. The molecule has 2 aliphatic carbocycles. The summed E-state index contributed by atoms with van der Waals surface area (Å²) in [5.74, 6) is -0.0646. The van der Waals surface area contributed by atoms with Crippen molar-refractivity contribution in [1.29, 1.82) is 0 Å². The molecule has 0 bridgehead atoms. The van der Waals surface area contributed by atoms with Crippen LogP contribution in [0.4, 0.5) is 0 Å². The first kappa shape index (κ1) is 12.1. The first-order valence-corrected chi connectivity index (χ1v) is 7.44. The molecule has 2 nitrogen and oxygen atoms in total. The Hall–Kier alpha value is -0.960. The zero-order valence-electron chi connectivity index (χ0n) is 10.7. The van der Waals surface area contributed by atoms with Crippen LogP contribution in [0.25, 0.3) is 0 Å². The second-order valence-corrected chi connectivity index (χ2v) is 6.68. The Kier molecular flexibility index (Phi) is 3.10. The number of hydrogen-bond acceptors (Lipinski definition) is 3. The van der Waals surface area contributed by atoms with Crippen LogP contribution in [0.2, 0.25) is 0 Å². The number of fused-ring (bicyclic) bond motifs is 1. The predicted molar refractivity (Wildman–Crippen MR) is 72.9 cm³/mol. The van der Waals surface area contributed by atoms with Crippen LogP contribution in [0.5, 0.6) is 0 Å². The molecule has 18 heavy (non-hydrogen) atoms. The van der Waals surface area contributed by atoms with E-state index in [-0.39, 0.29) is 10.7 Å². The average Bonchev–Trinajstić information content (AvgIpc) is 3.18. The summed E-state index contributed by atoms with van der Waals surface area (Å²) in [7, 11) is 1.48. The molecule has 96 valence electrons. The molecule has 0 spiro atoms. The highest BCUT2D eigenvalue weighted by Crippen LogP contribution is 2.52. The van der Waals surface area contributed by atoms with Gasteiger partial charge in [0, 0.05) is 4.90 Å². The van der Waals surface area contributed by atoms with Crippen molar-refractivity contribution >= 4 is 17.7 Å². The van der Waals surface area contributed by atoms with Crippen molar-refractivity contribution < 1.29 is 9.53 Å². The molecule has 3 rings (SSSR count). The SMILES string of the molecule is COC(=O)C1(Sc2ccc3c(c2)CCCC3)CC1. The zero-order valence-corrected chi connectivity index (χ0v) is 11.5. The highest BCUT2D eigenvalue weighted by atomic mass is 32.2. The van der Waals surface area contributed by atoms with E-state index < -0.39 is 0 Å². The summed E-state index contributed by atoms with van der Waals surface area (Å²) in [6.07, 6.45) is 6.90. The maximum absolute atomic E-state index is 11.7. The van der Waals surface area contributed by atoms with E-state index in [9.17, 15) is 4.79 Å². The first-order chi connectivity index (χ1) is 8.73. The summed E-state index contributed by atoms with van der Waals surface area (Å²) in [5.41, 5.74) is 2.97. The topological polar surface area (TPSA) is 26.3 Å². The molecule has 0 aromatic heterocycles. The van der Waals surface area contributed by atoms with E-state index in [4.69, 9.17) is 4.74 Å². The van der Waals surface area contributed by atoms with Crippen LogP contribution in [0, 0.1) is 0 Å². The van der Waals surface area contributed by atoms with Gasteiger partial charge >= 0.3 is 5.97 Å². The lowest BCUT2D eigenvalue weighted by atomic mass is 9.92. The third-order valence-corrected chi connectivity index (χ3v) is 5.35. The van der Waals surface area contributed by atoms with Crippen molar-refractivity contribution in [2.75, 3.05) is 7.11 Å².